The van der Waals surface area contributed by atoms with E-state index >= 15 is 0 Å². The van der Waals surface area contributed by atoms with Crippen molar-refractivity contribution in [3.63, 3.8) is 0 Å². The van der Waals surface area contributed by atoms with Gasteiger partial charge in [-0.1, -0.05) is 29.8 Å². The topological polar surface area (TPSA) is 62.5 Å². The average Bonchev–Trinajstić information content (AvgIpc) is 2.72. The number of anilines is 3. The van der Waals surface area contributed by atoms with E-state index in [-0.39, 0.29) is 0 Å². The Bertz CT molecular complexity index is 990. The largest absolute Gasteiger partial charge is 0.397 e. The molecule has 1 aromatic heterocycles. The maximum Gasteiger partial charge on any atom is 0.150 e. The third-order valence-electron chi connectivity index (χ3n) is 4.74. The van der Waals surface area contributed by atoms with Gasteiger partial charge in [-0.3, -0.25) is 9.78 Å². The summed E-state index contributed by atoms with van der Waals surface area (Å²) >= 11 is 6.25. The summed E-state index contributed by atoms with van der Waals surface area (Å²) in [6.45, 7) is 1.69. The molecule has 0 bridgehead atoms. The van der Waals surface area contributed by atoms with E-state index in [1.165, 1.54) is 0 Å². The van der Waals surface area contributed by atoms with Gasteiger partial charge in [0.2, 0.25) is 0 Å². The molecular weight excluding hydrogens is 384 g/mol. The summed E-state index contributed by atoms with van der Waals surface area (Å²) in [6, 6.07) is 15.1. The molecule has 150 valence electrons. The monoisotopic (exact) mass is 408 g/mol. The van der Waals surface area contributed by atoms with Crippen molar-refractivity contribution < 1.29 is 4.79 Å². The molecule has 0 fully saturated rings. The van der Waals surface area contributed by atoms with Crippen molar-refractivity contribution >= 4 is 34.9 Å². The normalized spacial score (nSPS) is 10.9. The molecule has 0 spiro atoms. The average molecular weight is 409 g/mol. The highest BCUT2D eigenvalue weighted by Crippen LogP contribution is 2.38. The Hall–Kier alpha value is -2.89. The van der Waals surface area contributed by atoms with E-state index in [1.54, 1.807) is 30.6 Å². The molecule has 5 nitrogen and oxygen atoms in total. The fourth-order valence-electron chi connectivity index (χ4n) is 3.34. The van der Waals surface area contributed by atoms with Crippen molar-refractivity contribution in [2.24, 2.45) is 0 Å². The van der Waals surface area contributed by atoms with E-state index in [4.69, 9.17) is 17.3 Å². The van der Waals surface area contributed by atoms with E-state index in [1.807, 2.05) is 30.3 Å². The number of halogens is 1. The molecule has 29 heavy (non-hydrogen) atoms. The Kier molecular flexibility index (Phi) is 6.86. The molecule has 6 heteroatoms. The lowest BCUT2D eigenvalue weighted by Gasteiger charge is -2.29. The maximum absolute atomic E-state index is 11.7. The van der Waals surface area contributed by atoms with Crippen LogP contribution in [0.15, 0.2) is 60.9 Å². The van der Waals surface area contributed by atoms with Crippen LogP contribution >= 0.6 is 11.6 Å². The van der Waals surface area contributed by atoms with Crippen LogP contribution in [0, 0.1) is 0 Å². The highest BCUT2D eigenvalue weighted by Gasteiger charge is 2.18. The van der Waals surface area contributed by atoms with Crippen molar-refractivity contribution in [1.29, 1.82) is 0 Å². The first-order chi connectivity index (χ1) is 14.0. The molecule has 0 aliphatic rings. The van der Waals surface area contributed by atoms with Crippen LogP contribution in [0.2, 0.25) is 5.02 Å². The summed E-state index contributed by atoms with van der Waals surface area (Å²) in [5.41, 5.74) is 11.0. The van der Waals surface area contributed by atoms with Gasteiger partial charge in [0.05, 0.1) is 17.6 Å². The van der Waals surface area contributed by atoms with Gasteiger partial charge in [-0.2, -0.15) is 0 Å². The number of hydrogen-bond acceptors (Lipinski definition) is 5. The van der Waals surface area contributed by atoms with E-state index in [9.17, 15) is 4.79 Å². The number of para-hydroxylation sites is 1. The van der Waals surface area contributed by atoms with Crippen LogP contribution < -0.4 is 10.6 Å². The molecule has 3 aromatic rings. The molecule has 0 aliphatic carbocycles. The summed E-state index contributed by atoms with van der Waals surface area (Å²) in [5, 5.41) is 0.584. The lowest BCUT2D eigenvalue weighted by atomic mass is 9.97. The maximum atomic E-state index is 11.7. The second-order valence-electron chi connectivity index (χ2n) is 7.11. The second-order valence-corrected chi connectivity index (χ2v) is 7.55. The van der Waals surface area contributed by atoms with Crippen LogP contribution in [0.5, 0.6) is 0 Å². The standard InChI is InChI=1S/C23H25ClN4O/c1-27(2)12-5-13-28(23-15-26-11-10-21(23)25)22-7-4-3-6-19(22)20-14-18(24)9-8-17(20)16-29/h3-4,6-11,14-16H,5,12-13H2,1-2H3,(H2,25,26). The summed E-state index contributed by atoms with van der Waals surface area (Å²) in [7, 11) is 4.11. The number of aromatic nitrogens is 1. The van der Waals surface area contributed by atoms with Gasteiger partial charge in [-0.15, -0.1) is 0 Å². The van der Waals surface area contributed by atoms with E-state index in [0.717, 1.165) is 48.3 Å². The van der Waals surface area contributed by atoms with Crippen molar-refractivity contribution in [1.82, 2.24) is 9.88 Å². The van der Waals surface area contributed by atoms with Gasteiger partial charge < -0.3 is 15.5 Å². The number of carbonyl (C=O) groups is 1. The molecule has 2 aromatic carbocycles. The number of nitrogen functional groups attached to an aromatic ring is 1. The fourth-order valence-corrected chi connectivity index (χ4v) is 3.51. The Morgan fingerprint density at radius 1 is 1.03 bits per heavy atom. The van der Waals surface area contributed by atoms with E-state index in [2.05, 4.69) is 28.9 Å². The van der Waals surface area contributed by atoms with Crippen molar-refractivity contribution in [3.05, 3.63) is 71.5 Å². The summed E-state index contributed by atoms with van der Waals surface area (Å²) < 4.78 is 0. The Morgan fingerprint density at radius 3 is 2.55 bits per heavy atom. The summed E-state index contributed by atoms with van der Waals surface area (Å²) in [4.78, 5) is 20.3. The minimum atomic E-state index is 0.584. The Morgan fingerprint density at radius 2 is 1.83 bits per heavy atom. The number of nitrogens with two attached hydrogens (primary N) is 1. The minimum Gasteiger partial charge on any atom is -0.397 e. The van der Waals surface area contributed by atoms with Gasteiger partial charge in [0.25, 0.3) is 0 Å². The zero-order valence-electron chi connectivity index (χ0n) is 16.7. The molecule has 0 amide bonds. The molecule has 0 aliphatic heterocycles. The lowest BCUT2D eigenvalue weighted by molar-refractivity contribution is 0.112. The number of hydrogen-bond donors (Lipinski definition) is 1. The van der Waals surface area contributed by atoms with Crippen LogP contribution in [0.25, 0.3) is 11.1 Å². The van der Waals surface area contributed by atoms with Crippen molar-refractivity contribution in [3.8, 4) is 11.1 Å². The molecule has 2 N–H and O–H groups in total. The predicted molar refractivity (Wildman–Crippen MR) is 121 cm³/mol. The van der Waals surface area contributed by atoms with Crippen LogP contribution in [0.4, 0.5) is 17.1 Å². The summed E-state index contributed by atoms with van der Waals surface area (Å²) in [5.74, 6) is 0. The minimum absolute atomic E-state index is 0.584. The molecular formula is C23H25ClN4O. The van der Waals surface area contributed by atoms with Crippen molar-refractivity contribution in [2.45, 2.75) is 6.42 Å². The number of pyridine rings is 1. The number of benzene rings is 2. The number of rotatable bonds is 8. The Labute approximate surface area is 176 Å². The molecule has 3 rings (SSSR count). The second kappa shape index (κ2) is 9.54. The number of nitrogens with zero attached hydrogens (tertiary/aromatic N) is 3. The van der Waals surface area contributed by atoms with Crippen LogP contribution in [-0.4, -0.2) is 43.4 Å². The van der Waals surface area contributed by atoms with Gasteiger partial charge in [0.1, 0.15) is 0 Å². The van der Waals surface area contributed by atoms with Crippen molar-refractivity contribution in [2.75, 3.05) is 37.8 Å². The Balaban J connectivity index is 2.13. The molecule has 0 unspecified atom stereocenters. The van der Waals surface area contributed by atoms with E-state index in [0.29, 0.717) is 16.3 Å². The smallest absolute Gasteiger partial charge is 0.150 e. The van der Waals surface area contributed by atoms with Gasteiger partial charge in [-0.25, -0.2) is 0 Å². The fraction of sp³-hybridized carbons (Fsp3) is 0.217. The predicted octanol–water partition coefficient (Wildman–Crippen LogP) is 4.89. The van der Waals surface area contributed by atoms with Gasteiger partial charge >= 0.3 is 0 Å². The molecule has 0 saturated carbocycles. The SMILES string of the molecule is CN(C)CCCN(c1cnccc1N)c1ccccc1-c1cc(Cl)ccc1C=O. The van der Waals surface area contributed by atoms with Gasteiger partial charge in [-0.05, 0) is 63.0 Å². The first kappa shape index (κ1) is 20.8. The van der Waals surface area contributed by atoms with Crippen LogP contribution in [0.1, 0.15) is 16.8 Å². The van der Waals surface area contributed by atoms with Gasteiger partial charge in [0, 0.05) is 34.6 Å². The third-order valence-corrected chi connectivity index (χ3v) is 4.97. The zero-order valence-corrected chi connectivity index (χ0v) is 17.4. The third kappa shape index (κ3) is 4.94. The highest BCUT2D eigenvalue weighted by molar-refractivity contribution is 6.31. The lowest BCUT2D eigenvalue weighted by Crippen LogP contribution is -2.24. The summed E-state index contributed by atoms with van der Waals surface area (Å²) in [6.07, 6.45) is 5.26. The zero-order chi connectivity index (χ0) is 20.8. The quantitative estimate of drug-likeness (QED) is 0.538. The van der Waals surface area contributed by atoms with Gasteiger partial charge in [0.15, 0.2) is 6.29 Å². The van der Waals surface area contributed by atoms with E-state index < -0.39 is 0 Å². The highest BCUT2D eigenvalue weighted by atomic mass is 35.5. The van der Waals surface area contributed by atoms with Crippen LogP contribution in [0.3, 0.4) is 0 Å². The number of aldehydes is 1. The van der Waals surface area contributed by atoms with Crippen LogP contribution in [-0.2, 0) is 0 Å². The molecule has 0 atom stereocenters. The first-order valence-electron chi connectivity index (χ1n) is 9.47. The molecule has 1 heterocycles. The number of carbonyl (C=O) groups excluding carboxylic acids is 1. The molecule has 0 radical (unpaired) electrons. The first-order valence-corrected chi connectivity index (χ1v) is 9.85. The molecule has 0 saturated heterocycles.